The van der Waals surface area contributed by atoms with Crippen molar-refractivity contribution in [2.24, 2.45) is 0 Å². The molecule has 0 saturated heterocycles. The predicted octanol–water partition coefficient (Wildman–Crippen LogP) is 2.24. The molecule has 0 fully saturated rings. The van der Waals surface area contributed by atoms with Crippen LogP contribution in [0.25, 0.3) is 0 Å². The van der Waals surface area contributed by atoms with Gasteiger partial charge in [-0.1, -0.05) is 30.3 Å². The lowest BCUT2D eigenvalue weighted by Crippen LogP contribution is -2.38. The molecule has 2 rings (SSSR count). The van der Waals surface area contributed by atoms with E-state index in [0.29, 0.717) is 11.5 Å². The molecule has 0 unspecified atom stereocenters. The fourth-order valence-corrected chi connectivity index (χ4v) is 2.57. The fourth-order valence-electron chi connectivity index (χ4n) is 2.57. The normalized spacial score (nSPS) is 11.3. The van der Waals surface area contributed by atoms with Crippen molar-refractivity contribution in [1.82, 2.24) is 10.6 Å². The molecule has 2 N–H and O–H groups in total. The summed E-state index contributed by atoms with van der Waals surface area (Å²) < 4.78 is 10.6. The van der Waals surface area contributed by atoms with Gasteiger partial charge in [-0.25, -0.2) is 0 Å². The quantitative estimate of drug-likeness (QED) is 0.761. The highest BCUT2D eigenvalue weighted by Crippen LogP contribution is 2.29. The molecule has 6 heteroatoms. The molecule has 1 atom stereocenters. The summed E-state index contributed by atoms with van der Waals surface area (Å²) in [5.41, 5.74) is 1.70. The average molecular weight is 356 g/mol. The lowest BCUT2D eigenvalue weighted by Gasteiger charge is -2.18. The van der Waals surface area contributed by atoms with Gasteiger partial charge in [0.2, 0.25) is 11.8 Å². The molecule has 2 aromatic rings. The second-order valence-corrected chi connectivity index (χ2v) is 5.84. The van der Waals surface area contributed by atoms with E-state index in [0.717, 1.165) is 11.1 Å². The van der Waals surface area contributed by atoms with Gasteiger partial charge >= 0.3 is 0 Å². The second kappa shape index (κ2) is 9.46. The zero-order valence-corrected chi connectivity index (χ0v) is 15.2. The van der Waals surface area contributed by atoms with Gasteiger partial charge in [-0.05, 0) is 30.7 Å². The Bertz CT molecular complexity index is 747. The molecule has 0 heterocycles. The van der Waals surface area contributed by atoms with E-state index in [1.807, 2.05) is 43.3 Å². The summed E-state index contributed by atoms with van der Waals surface area (Å²) in [7, 11) is 3.15. The number of carbonyl (C=O) groups is 2. The predicted molar refractivity (Wildman–Crippen MR) is 99.3 cm³/mol. The van der Waals surface area contributed by atoms with Crippen LogP contribution < -0.4 is 20.1 Å². The van der Waals surface area contributed by atoms with Crippen LogP contribution in [-0.4, -0.2) is 32.6 Å². The van der Waals surface area contributed by atoms with Crippen molar-refractivity contribution in [1.29, 1.82) is 0 Å². The first-order valence-corrected chi connectivity index (χ1v) is 8.35. The number of carbonyl (C=O) groups excluding carboxylic acids is 2. The Labute approximate surface area is 153 Å². The van der Waals surface area contributed by atoms with Crippen LogP contribution in [0.5, 0.6) is 11.5 Å². The molecule has 0 spiro atoms. The van der Waals surface area contributed by atoms with Crippen LogP contribution >= 0.6 is 0 Å². The van der Waals surface area contributed by atoms with Gasteiger partial charge in [-0.2, -0.15) is 0 Å². The number of hydrogen-bond donors (Lipinski definition) is 2. The van der Waals surface area contributed by atoms with E-state index < -0.39 is 0 Å². The summed E-state index contributed by atoms with van der Waals surface area (Å²) in [5, 5.41) is 5.48. The highest BCUT2D eigenvalue weighted by molar-refractivity contribution is 5.85. The minimum atomic E-state index is -0.293. The Morgan fingerprint density at radius 2 is 1.73 bits per heavy atom. The lowest BCUT2D eigenvalue weighted by atomic mass is 10.1. The van der Waals surface area contributed by atoms with E-state index in [9.17, 15) is 9.59 Å². The van der Waals surface area contributed by atoms with Gasteiger partial charge in [-0.3, -0.25) is 9.59 Å². The molecule has 0 saturated carbocycles. The van der Waals surface area contributed by atoms with Crippen molar-refractivity contribution >= 4 is 11.8 Å². The summed E-state index contributed by atoms with van der Waals surface area (Å²) in [4.78, 5) is 24.1. The van der Waals surface area contributed by atoms with Crippen molar-refractivity contribution in [3.63, 3.8) is 0 Å². The van der Waals surface area contributed by atoms with Crippen molar-refractivity contribution in [2.45, 2.75) is 19.4 Å². The molecule has 6 nitrogen and oxygen atoms in total. The average Bonchev–Trinajstić information content (AvgIpc) is 2.66. The first kappa shape index (κ1) is 19.3. The van der Waals surface area contributed by atoms with Gasteiger partial charge in [0.15, 0.2) is 0 Å². The van der Waals surface area contributed by atoms with Gasteiger partial charge in [0.1, 0.15) is 11.5 Å². The van der Waals surface area contributed by atoms with Crippen LogP contribution in [0.2, 0.25) is 0 Å². The molecule has 0 aliphatic heterocycles. The Balaban J connectivity index is 1.88. The third-order valence-corrected chi connectivity index (χ3v) is 3.93. The molecule has 2 aromatic carbocycles. The summed E-state index contributed by atoms with van der Waals surface area (Å²) in [5.74, 6) is 0.867. The standard InChI is InChI=1S/C20H24N2O4/c1-14(17-12-16(25-2)9-10-18(17)26-3)22-20(24)13-21-19(23)11-15-7-5-4-6-8-15/h4-10,12,14H,11,13H2,1-3H3,(H,21,23)(H,22,24)/t14-/m1/s1. The molecule has 0 aliphatic rings. The molecule has 138 valence electrons. The van der Waals surface area contributed by atoms with Crippen LogP contribution in [0, 0.1) is 0 Å². The summed E-state index contributed by atoms with van der Waals surface area (Å²) >= 11 is 0. The smallest absolute Gasteiger partial charge is 0.239 e. The Morgan fingerprint density at radius 3 is 2.38 bits per heavy atom. The minimum absolute atomic E-state index is 0.0811. The van der Waals surface area contributed by atoms with Crippen LogP contribution in [0.4, 0.5) is 0 Å². The van der Waals surface area contributed by atoms with Crippen LogP contribution in [0.3, 0.4) is 0 Å². The third kappa shape index (κ3) is 5.51. The van der Waals surface area contributed by atoms with E-state index in [4.69, 9.17) is 9.47 Å². The van der Waals surface area contributed by atoms with E-state index in [1.165, 1.54) is 0 Å². The molecule has 0 aromatic heterocycles. The first-order valence-electron chi connectivity index (χ1n) is 8.35. The molecule has 0 bridgehead atoms. The molecule has 0 aliphatic carbocycles. The van der Waals surface area contributed by atoms with Crippen molar-refractivity contribution < 1.29 is 19.1 Å². The zero-order valence-electron chi connectivity index (χ0n) is 15.2. The van der Waals surface area contributed by atoms with Crippen molar-refractivity contribution in [3.8, 4) is 11.5 Å². The molecule has 2 amide bonds. The number of methoxy groups -OCH3 is 2. The monoisotopic (exact) mass is 356 g/mol. The number of rotatable bonds is 8. The Kier molecular flexibility index (Phi) is 7.02. The minimum Gasteiger partial charge on any atom is -0.497 e. The number of amides is 2. The number of nitrogens with one attached hydrogen (secondary N) is 2. The van der Waals surface area contributed by atoms with E-state index >= 15 is 0 Å². The number of ether oxygens (including phenoxy) is 2. The van der Waals surface area contributed by atoms with E-state index in [1.54, 1.807) is 26.4 Å². The van der Waals surface area contributed by atoms with Gasteiger partial charge in [0, 0.05) is 5.56 Å². The highest BCUT2D eigenvalue weighted by Gasteiger charge is 2.15. The maximum absolute atomic E-state index is 12.1. The van der Waals surface area contributed by atoms with Gasteiger partial charge in [-0.15, -0.1) is 0 Å². The van der Waals surface area contributed by atoms with Crippen LogP contribution in [0.15, 0.2) is 48.5 Å². The lowest BCUT2D eigenvalue weighted by molar-refractivity contribution is -0.126. The largest absolute Gasteiger partial charge is 0.497 e. The number of benzene rings is 2. The summed E-state index contributed by atoms with van der Waals surface area (Å²) in [6.45, 7) is 1.77. The highest BCUT2D eigenvalue weighted by atomic mass is 16.5. The van der Waals surface area contributed by atoms with Crippen LogP contribution in [-0.2, 0) is 16.0 Å². The molecular weight excluding hydrogens is 332 g/mol. The number of hydrogen-bond acceptors (Lipinski definition) is 4. The zero-order chi connectivity index (χ0) is 18.9. The summed E-state index contributed by atoms with van der Waals surface area (Å²) in [6, 6.07) is 14.5. The SMILES string of the molecule is COc1ccc(OC)c([C@@H](C)NC(=O)CNC(=O)Cc2ccccc2)c1. The topological polar surface area (TPSA) is 76.7 Å². The van der Waals surface area contributed by atoms with Gasteiger partial charge < -0.3 is 20.1 Å². The van der Waals surface area contributed by atoms with E-state index in [-0.39, 0.29) is 30.8 Å². The maximum Gasteiger partial charge on any atom is 0.239 e. The molecule has 26 heavy (non-hydrogen) atoms. The maximum atomic E-state index is 12.1. The van der Waals surface area contributed by atoms with Crippen molar-refractivity contribution in [3.05, 3.63) is 59.7 Å². The van der Waals surface area contributed by atoms with E-state index in [2.05, 4.69) is 10.6 Å². The first-order chi connectivity index (χ1) is 12.5. The second-order valence-electron chi connectivity index (χ2n) is 5.84. The van der Waals surface area contributed by atoms with Gasteiger partial charge in [0.25, 0.3) is 0 Å². The van der Waals surface area contributed by atoms with Crippen molar-refractivity contribution in [2.75, 3.05) is 20.8 Å². The summed E-state index contributed by atoms with van der Waals surface area (Å²) in [6.07, 6.45) is 0.243. The third-order valence-electron chi connectivity index (χ3n) is 3.93. The van der Waals surface area contributed by atoms with Gasteiger partial charge in [0.05, 0.1) is 33.2 Å². The molecule has 0 radical (unpaired) electrons. The Morgan fingerprint density at radius 1 is 1.00 bits per heavy atom. The Hall–Kier alpha value is -3.02. The molecular formula is C20H24N2O4. The van der Waals surface area contributed by atoms with Crippen LogP contribution in [0.1, 0.15) is 24.1 Å². The fraction of sp³-hybridized carbons (Fsp3) is 0.300.